The molecule has 1 heterocycles. The number of methoxy groups -OCH3 is 1. The highest BCUT2D eigenvalue weighted by atomic mass is 35.5. The Morgan fingerprint density at radius 2 is 1.97 bits per heavy atom. The fraction of sp³-hybridized carbons (Fsp3) is 0.350. The standard InChI is InChI=1S/C20H25N5O2S.ClH/c1-15-6-4-5-7-17(15)14-27-18-9-8-16(12-19(18)26-3)13-21-10-11-28-20-22-23-24-25(20)2;/h4-9,12,21H,10-11,13-14H2,1-3H3;1H. The maximum Gasteiger partial charge on any atom is 0.209 e. The first-order valence-electron chi connectivity index (χ1n) is 9.07. The average molecular weight is 436 g/mol. The van der Waals surface area contributed by atoms with Gasteiger partial charge in [-0.15, -0.1) is 17.5 Å². The minimum Gasteiger partial charge on any atom is -0.493 e. The summed E-state index contributed by atoms with van der Waals surface area (Å²) in [5, 5.41) is 15.6. The van der Waals surface area contributed by atoms with Crippen LogP contribution in [0.3, 0.4) is 0 Å². The van der Waals surface area contributed by atoms with Gasteiger partial charge in [0.1, 0.15) is 6.61 Å². The van der Waals surface area contributed by atoms with Crippen LogP contribution in [0, 0.1) is 6.92 Å². The average Bonchev–Trinajstić information content (AvgIpc) is 3.12. The van der Waals surface area contributed by atoms with E-state index in [0.717, 1.165) is 41.1 Å². The predicted octanol–water partition coefficient (Wildman–Crippen LogP) is 3.41. The number of hydrogen-bond acceptors (Lipinski definition) is 7. The summed E-state index contributed by atoms with van der Waals surface area (Å²) < 4.78 is 13.2. The maximum absolute atomic E-state index is 5.98. The van der Waals surface area contributed by atoms with Crippen LogP contribution in [-0.4, -0.2) is 39.6 Å². The molecule has 156 valence electrons. The quantitative estimate of drug-likeness (QED) is 0.386. The van der Waals surface area contributed by atoms with Crippen molar-refractivity contribution in [3.8, 4) is 11.5 Å². The molecule has 0 amide bonds. The lowest BCUT2D eigenvalue weighted by Gasteiger charge is -2.13. The van der Waals surface area contributed by atoms with Gasteiger partial charge in [-0.1, -0.05) is 42.1 Å². The third-order valence-corrected chi connectivity index (χ3v) is 5.31. The number of hydrogen-bond donors (Lipinski definition) is 1. The second-order valence-electron chi connectivity index (χ2n) is 6.31. The molecule has 0 radical (unpaired) electrons. The second kappa shape index (κ2) is 11.6. The van der Waals surface area contributed by atoms with Crippen LogP contribution in [0.1, 0.15) is 16.7 Å². The number of ether oxygens (including phenoxy) is 2. The molecular weight excluding hydrogens is 410 g/mol. The lowest BCUT2D eigenvalue weighted by molar-refractivity contribution is 0.283. The van der Waals surface area contributed by atoms with Gasteiger partial charge in [-0.05, 0) is 46.2 Å². The van der Waals surface area contributed by atoms with Crippen molar-refractivity contribution in [2.75, 3.05) is 19.4 Å². The molecule has 9 heteroatoms. The first-order valence-corrected chi connectivity index (χ1v) is 10.1. The predicted molar refractivity (Wildman–Crippen MR) is 117 cm³/mol. The molecule has 0 fully saturated rings. The van der Waals surface area contributed by atoms with Crippen LogP contribution < -0.4 is 14.8 Å². The smallest absolute Gasteiger partial charge is 0.209 e. The van der Waals surface area contributed by atoms with Gasteiger partial charge >= 0.3 is 0 Å². The molecule has 0 unspecified atom stereocenters. The lowest BCUT2D eigenvalue weighted by Crippen LogP contribution is -2.16. The molecule has 0 saturated carbocycles. The number of halogens is 1. The van der Waals surface area contributed by atoms with Crippen molar-refractivity contribution < 1.29 is 9.47 Å². The van der Waals surface area contributed by atoms with Gasteiger partial charge in [0.2, 0.25) is 5.16 Å². The van der Waals surface area contributed by atoms with E-state index < -0.39 is 0 Å². The van der Waals surface area contributed by atoms with Gasteiger partial charge in [-0.2, -0.15) is 0 Å². The summed E-state index contributed by atoms with van der Waals surface area (Å²) >= 11 is 1.62. The molecular formula is C20H26ClN5O2S. The highest BCUT2D eigenvalue weighted by Crippen LogP contribution is 2.29. The Morgan fingerprint density at radius 1 is 1.14 bits per heavy atom. The van der Waals surface area contributed by atoms with Gasteiger partial charge in [0.05, 0.1) is 7.11 Å². The van der Waals surface area contributed by atoms with Crippen molar-refractivity contribution in [1.82, 2.24) is 25.5 Å². The zero-order valence-electron chi connectivity index (χ0n) is 16.8. The number of rotatable bonds is 10. The van der Waals surface area contributed by atoms with E-state index in [1.54, 1.807) is 23.6 Å². The van der Waals surface area contributed by atoms with E-state index in [9.17, 15) is 0 Å². The van der Waals surface area contributed by atoms with E-state index in [0.29, 0.717) is 6.61 Å². The van der Waals surface area contributed by atoms with Crippen LogP contribution in [0.15, 0.2) is 47.6 Å². The Labute approximate surface area is 181 Å². The van der Waals surface area contributed by atoms with E-state index in [2.05, 4.69) is 46.0 Å². The van der Waals surface area contributed by atoms with E-state index in [4.69, 9.17) is 9.47 Å². The number of nitrogens with zero attached hydrogens (tertiary/aromatic N) is 4. The molecule has 29 heavy (non-hydrogen) atoms. The lowest BCUT2D eigenvalue weighted by atomic mass is 10.1. The van der Waals surface area contributed by atoms with Gasteiger partial charge < -0.3 is 14.8 Å². The van der Waals surface area contributed by atoms with Crippen LogP contribution in [0.4, 0.5) is 0 Å². The van der Waals surface area contributed by atoms with Gasteiger partial charge in [0, 0.05) is 25.9 Å². The van der Waals surface area contributed by atoms with E-state index in [-0.39, 0.29) is 12.4 Å². The normalized spacial score (nSPS) is 10.4. The number of aryl methyl sites for hydroxylation is 2. The second-order valence-corrected chi connectivity index (χ2v) is 7.37. The fourth-order valence-electron chi connectivity index (χ4n) is 2.66. The summed E-state index contributed by atoms with van der Waals surface area (Å²) in [6.07, 6.45) is 0. The minimum absolute atomic E-state index is 0. The molecule has 0 atom stereocenters. The third kappa shape index (κ3) is 6.62. The number of thioether (sulfide) groups is 1. The molecule has 0 aliphatic carbocycles. The molecule has 0 aliphatic rings. The van der Waals surface area contributed by atoms with E-state index >= 15 is 0 Å². The molecule has 2 aromatic carbocycles. The topological polar surface area (TPSA) is 74.1 Å². The Morgan fingerprint density at radius 3 is 2.69 bits per heavy atom. The van der Waals surface area contributed by atoms with Gasteiger partial charge in [-0.3, -0.25) is 0 Å². The molecule has 1 N–H and O–H groups in total. The maximum atomic E-state index is 5.98. The fourth-order valence-corrected chi connectivity index (χ4v) is 3.41. The number of benzene rings is 2. The van der Waals surface area contributed by atoms with Crippen LogP contribution >= 0.6 is 24.2 Å². The first-order chi connectivity index (χ1) is 13.7. The molecule has 1 aromatic heterocycles. The Hall–Kier alpha value is -2.29. The Kier molecular flexibility index (Phi) is 9.24. The SMILES string of the molecule is COc1cc(CNCCSc2nnnn2C)ccc1OCc1ccccc1C.Cl. The number of tetrazole rings is 1. The Bertz CT molecular complexity index is 906. The molecule has 3 aromatic rings. The van der Waals surface area contributed by atoms with Gasteiger partial charge in [0.25, 0.3) is 0 Å². The summed E-state index contributed by atoms with van der Waals surface area (Å²) in [4.78, 5) is 0. The molecule has 3 rings (SSSR count). The Balaban J connectivity index is 0.00000300. The summed E-state index contributed by atoms with van der Waals surface area (Å²) in [5.74, 6) is 2.38. The summed E-state index contributed by atoms with van der Waals surface area (Å²) in [5.41, 5.74) is 3.54. The summed E-state index contributed by atoms with van der Waals surface area (Å²) in [6, 6.07) is 14.3. The van der Waals surface area contributed by atoms with Crippen molar-refractivity contribution in [3.05, 3.63) is 59.2 Å². The first kappa shape index (κ1) is 23.0. The molecule has 0 bridgehead atoms. The van der Waals surface area contributed by atoms with Crippen LogP contribution in [0.5, 0.6) is 11.5 Å². The van der Waals surface area contributed by atoms with Gasteiger partial charge in [-0.25, -0.2) is 4.68 Å². The van der Waals surface area contributed by atoms with Crippen molar-refractivity contribution in [1.29, 1.82) is 0 Å². The number of nitrogens with one attached hydrogen (secondary N) is 1. The molecule has 0 spiro atoms. The van der Waals surface area contributed by atoms with Crippen molar-refractivity contribution >= 4 is 24.2 Å². The van der Waals surface area contributed by atoms with E-state index in [1.807, 2.05) is 31.3 Å². The van der Waals surface area contributed by atoms with Crippen LogP contribution in [0.2, 0.25) is 0 Å². The van der Waals surface area contributed by atoms with E-state index in [1.165, 1.54) is 11.1 Å². The highest BCUT2D eigenvalue weighted by Gasteiger charge is 2.07. The zero-order chi connectivity index (χ0) is 19.8. The van der Waals surface area contributed by atoms with Crippen LogP contribution in [-0.2, 0) is 20.2 Å². The largest absolute Gasteiger partial charge is 0.493 e. The number of aromatic nitrogens is 4. The zero-order valence-corrected chi connectivity index (χ0v) is 18.4. The third-order valence-electron chi connectivity index (χ3n) is 4.29. The molecule has 0 saturated heterocycles. The molecule has 7 nitrogen and oxygen atoms in total. The van der Waals surface area contributed by atoms with Gasteiger partial charge in [0.15, 0.2) is 11.5 Å². The summed E-state index contributed by atoms with van der Waals surface area (Å²) in [7, 11) is 3.50. The minimum atomic E-state index is 0. The van der Waals surface area contributed by atoms with Crippen molar-refractivity contribution in [2.45, 2.75) is 25.2 Å². The molecule has 0 aliphatic heterocycles. The monoisotopic (exact) mass is 435 g/mol. The van der Waals surface area contributed by atoms with Crippen molar-refractivity contribution in [2.24, 2.45) is 7.05 Å². The highest BCUT2D eigenvalue weighted by molar-refractivity contribution is 7.99. The summed E-state index contributed by atoms with van der Waals surface area (Å²) in [6.45, 7) is 4.22. The van der Waals surface area contributed by atoms with Crippen molar-refractivity contribution in [3.63, 3.8) is 0 Å². The van der Waals surface area contributed by atoms with Crippen LogP contribution in [0.25, 0.3) is 0 Å².